The third-order valence-electron chi connectivity index (χ3n) is 2.02. The number of hydrogen-bond acceptors (Lipinski definition) is 2. The number of carbonyl (C=O) groups is 1. The zero-order valence-electron chi connectivity index (χ0n) is 6.55. The molecule has 1 atom stereocenters. The molecular weight excluding hydrogens is 128 g/mol. The van der Waals surface area contributed by atoms with Crippen molar-refractivity contribution in [3.05, 3.63) is 0 Å². The van der Waals surface area contributed by atoms with E-state index in [1.165, 1.54) is 0 Å². The molecule has 1 aliphatic rings. The molecule has 1 aliphatic heterocycles. The number of rotatable bonds is 0. The lowest BCUT2D eigenvalue weighted by molar-refractivity contribution is -0.121. The third-order valence-corrected chi connectivity index (χ3v) is 2.02. The van der Waals surface area contributed by atoms with Crippen LogP contribution < -0.4 is 5.32 Å². The van der Waals surface area contributed by atoms with Crippen molar-refractivity contribution < 1.29 is 4.79 Å². The standard InChI is InChI=1S/C7H14N2O/c1-6-5-7(10)8-3-4-9(6)2/h6H,3-5H2,1-2H3,(H,8,10). The lowest BCUT2D eigenvalue weighted by Gasteiger charge is -2.19. The molecular formula is C7H14N2O. The lowest BCUT2D eigenvalue weighted by atomic mass is 10.2. The number of likely N-dealkylation sites (N-methyl/N-ethyl adjacent to an activating group) is 1. The van der Waals surface area contributed by atoms with Crippen LogP contribution in [0.1, 0.15) is 13.3 Å². The van der Waals surface area contributed by atoms with Crippen molar-refractivity contribution in [1.82, 2.24) is 10.2 Å². The fourth-order valence-electron chi connectivity index (χ4n) is 1.09. The SMILES string of the molecule is CC1CC(=O)NCCN1C. The van der Waals surface area contributed by atoms with E-state index in [0.29, 0.717) is 12.5 Å². The molecule has 0 spiro atoms. The largest absolute Gasteiger partial charge is 0.355 e. The number of nitrogens with one attached hydrogen (secondary N) is 1. The first-order valence-electron chi connectivity index (χ1n) is 3.67. The summed E-state index contributed by atoms with van der Waals surface area (Å²) < 4.78 is 0. The molecule has 1 unspecified atom stereocenters. The highest BCUT2D eigenvalue weighted by Gasteiger charge is 2.16. The van der Waals surface area contributed by atoms with Gasteiger partial charge in [0.15, 0.2) is 0 Å². The number of nitrogens with zero attached hydrogens (tertiary/aromatic N) is 1. The van der Waals surface area contributed by atoms with Crippen LogP contribution in [0.4, 0.5) is 0 Å². The predicted octanol–water partition coefficient (Wildman–Crippen LogP) is -0.173. The number of amides is 1. The Labute approximate surface area is 61.4 Å². The first-order chi connectivity index (χ1) is 4.70. The van der Waals surface area contributed by atoms with Crippen LogP contribution in [0.25, 0.3) is 0 Å². The Morgan fingerprint density at radius 2 is 2.40 bits per heavy atom. The van der Waals surface area contributed by atoms with E-state index in [1.807, 2.05) is 7.05 Å². The highest BCUT2D eigenvalue weighted by molar-refractivity contribution is 5.76. The van der Waals surface area contributed by atoms with Gasteiger partial charge in [0, 0.05) is 25.6 Å². The smallest absolute Gasteiger partial charge is 0.221 e. The molecule has 1 heterocycles. The second kappa shape index (κ2) is 3.01. The average Bonchev–Trinajstić information content (AvgIpc) is 1.96. The van der Waals surface area contributed by atoms with E-state index in [-0.39, 0.29) is 5.91 Å². The topological polar surface area (TPSA) is 32.3 Å². The van der Waals surface area contributed by atoms with E-state index in [0.717, 1.165) is 13.1 Å². The molecule has 58 valence electrons. The van der Waals surface area contributed by atoms with Gasteiger partial charge in [0.05, 0.1) is 0 Å². The van der Waals surface area contributed by atoms with Gasteiger partial charge < -0.3 is 10.2 Å². The Morgan fingerprint density at radius 3 is 3.10 bits per heavy atom. The fraction of sp³-hybridized carbons (Fsp3) is 0.857. The van der Waals surface area contributed by atoms with E-state index in [1.54, 1.807) is 0 Å². The molecule has 1 fully saturated rings. The summed E-state index contributed by atoms with van der Waals surface area (Å²) in [4.78, 5) is 13.1. The van der Waals surface area contributed by atoms with Crippen LogP contribution in [-0.4, -0.2) is 37.0 Å². The molecule has 0 aromatic carbocycles. The molecule has 3 nitrogen and oxygen atoms in total. The second-order valence-electron chi connectivity index (χ2n) is 2.88. The zero-order chi connectivity index (χ0) is 7.56. The summed E-state index contributed by atoms with van der Waals surface area (Å²) in [5.74, 6) is 0.178. The molecule has 0 aromatic heterocycles. The monoisotopic (exact) mass is 142 g/mol. The van der Waals surface area contributed by atoms with Gasteiger partial charge in [0.2, 0.25) is 5.91 Å². The number of carbonyl (C=O) groups excluding carboxylic acids is 1. The maximum atomic E-state index is 10.9. The molecule has 0 bridgehead atoms. The average molecular weight is 142 g/mol. The molecule has 10 heavy (non-hydrogen) atoms. The van der Waals surface area contributed by atoms with Crippen molar-refractivity contribution in [2.45, 2.75) is 19.4 Å². The van der Waals surface area contributed by atoms with Gasteiger partial charge in [-0.15, -0.1) is 0 Å². The van der Waals surface area contributed by atoms with E-state index in [2.05, 4.69) is 17.1 Å². The molecule has 1 rings (SSSR count). The fourth-order valence-corrected chi connectivity index (χ4v) is 1.09. The van der Waals surface area contributed by atoms with Crippen molar-refractivity contribution in [1.29, 1.82) is 0 Å². The summed E-state index contributed by atoms with van der Waals surface area (Å²) in [5.41, 5.74) is 0. The summed E-state index contributed by atoms with van der Waals surface area (Å²) in [6, 6.07) is 0.391. The second-order valence-corrected chi connectivity index (χ2v) is 2.88. The van der Waals surface area contributed by atoms with E-state index in [4.69, 9.17) is 0 Å². The summed E-state index contributed by atoms with van der Waals surface area (Å²) in [6.07, 6.45) is 0.635. The van der Waals surface area contributed by atoms with Crippen molar-refractivity contribution in [3.63, 3.8) is 0 Å². The van der Waals surface area contributed by atoms with Crippen LogP contribution in [-0.2, 0) is 4.79 Å². The zero-order valence-corrected chi connectivity index (χ0v) is 6.55. The van der Waals surface area contributed by atoms with Gasteiger partial charge in [-0.1, -0.05) is 0 Å². The highest BCUT2D eigenvalue weighted by atomic mass is 16.1. The molecule has 0 saturated carbocycles. The minimum absolute atomic E-state index is 0.178. The maximum Gasteiger partial charge on any atom is 0.221 e. The Balaban J connectivity index is 2.49. The van der Waals surface area contributed by atoms with Crippen LogP contribution in [0.15, 0.2) is 0 Å². The summed E-state index contributed by atoms with van der Waals surface area (Å²) in [5, 5.41) is 2.82. The number of hydrogen-bond donors (Lipinski definition) is 1. The van der Waals surface area contributed by atoms with Crippen molar-refractivity contribution in [2.75, 3.05) is 20.1 Å². The molecule has 1 saturated heterocycles. The normalized spacial score (nSPS) is 29.4. The van der Waals surface area contributed by atoms with Crippen LogP contribution in [0, 0.1) is 0 Å². The Bertz CT molecular complexity index is 136. The van der Waals surface area contributed by atoms with Gasteiger partial charge in [-0.2, -0.15) is 0 Å². The first-order valence-corrected chi connectivity index (χ1v) is 3.67. The lowest BCUT2D eigenvalue weighted by Crippen LogP contribution is -2.29. The van der Waals surface area contributed by atoms with E-state index in [9.17, 15) is 4.79 Å². The van der Waals surface area contributed by atoms with Gasteiger partial charge >= 0.3 is 0 Å². The van der Waals surface area contributed by atoms with Gasteiger partial charge in [0.1, 0.15) is 0 Å². The molecule has 0 aliphatic carbocycles. The Morgan fingerprint density at radius 1 is 1.70 bits per heavy atom. The molecule has 1 amide bonds. The Kier molecular flexibility index (Phi) is 2.27. The minimum Gasteiger partial charge on any atom is -0.355 e. The van der Waals surface area contributed by atoms with E-state index < -0.39 is 0 Å². The molecule has 1 N–H and O–H groups in total. The van der Waals surface area contributed by atoms with Crippen LogP contribution >= 0.6 is 0 Å². The van der Waals surface area contributed by atoms with Crippen LogP contribution in [0.2, 0.25) is 0 Å². The first kappa shape index (κ1) is 7.54. The summed E-state index contributed by atoms with van der Waals surface area (Å²) >= 11 is 0. The van der Waals surface area contributed by atoms with Gasteiger partial charge in [-0.25, -0.2) is 0 Å². The Hall–Kier alpha value is -0.570. The highest BCUT2D eigenvalue weighted by Crippen LogP contribution is 2.02. The van der Waals surface area contributed by atoms with E-state index >= 15 is 0 Å². The van der Waals surface area contributed by atoms with Crippen LogP contribution in [0.3, 0.4) is 0 Å². The van der Waals surface area contributed by atoms with Gasteiger partial charge in [-0.3, -0.25) is 4.79 Å². The molecule has 3 heteroatoms. The predicted molar refractivity (Wildman–Crippen MR) is 39.7 cm³/mol. The quantitative estimate of drug-likeness (QED) is 0.509. The third kappa shape index (κ3) is 1.70. The van der Waals surface area contributed by atoms with Crippen molar-refractivity contribution in [3.8, 4) is 0 Å². The van der Waals surface area contributed by atoms with Gasteiger partial charge in [0.25, 0.3) is 0 Å². The summed E-state index contributed by atoms with van der Waals surface area (Å²) in [6.45, 7) is 3.83. The maximum absolute atomic E-state index is 10.9. The van der Waals surface area contributed by atoms with Gasteiger partial charge in [-0.05, 0) is 14.0 Å². The molecule has 0 radical (unpaired) electrons. The molecule has 0 aromatic rings. The summed E-state index contributed by atoms with van der Waals surface area (Å²) in [7, 11) is 2.05. The van der Waals surface area contributed by atoms with Crippen molar-refractivity contribution >= 4 is 5.91 Å². The van der Waals surface area contributed by atoms with Crippen molar-refractivity contribution in [2.24, 2.45) is 0 Å². The minimum atomic E-state index is 0.178. The van der Waals surface area contributed by atoms with Crippen LogP contribution in [0.5, 0.6) is 0 Å².